The number of aromatic nitrogens is 2. The Morgan fingerprint density at radius 1 is 1.20 bits per heavy atom. The second-order valence-electron chi connectivity index (χ2n) is 7.73. The topological polar surface area (TPSA) is 94.5 Å². The van der Waals surface area contributed by atoms with Crippen molar-refractivity contribution < 1.29 is 32.2 Å². The van der Waals surface area contributed by atoms with Gasteiger partial charge in [0.15, 0.2) is 0 Å². The molecule has 2 amide bonds. The maximum Gasteiger partial charge on any atom is 0.417 e. The van der Waals surface area contributed by atoms with E-state index in [-0.39, 0.29) is 18.7 Å². The molecule has 0 saturated heterocycles. The number of carbonyl (C=O) groups excluding carboxylic acids is 2. The summed E-state index contributed by atoms with van der Waals surface area (Å²) in [5, 5.41) is 9.15. The van der Waals surface area contributed by atoms with Crippen LogP contribution in [0.5, 0.6) is 5.75 Å². The van der Waals surface area contributed by atoms with Crippen LogP contribution in [0.3, 0.4) is 0 Å². The third-order valence-corrected chi connectivity index (χ3v) is 5.75. The van der Waals surface area contributed by atoms with Gasteiger partial charge in [-0.1, -0.05) is 23.7 Å². The number of fused-ring (bicyclic) bond motifs is 1. The molecule has 4 rings (SSSR count). The van der Waals surface area contributed by atoms with Gasteiger partial charge in [-0.05, 0) is 35.9 Å². The summed E-state index contributed by atoms with van der Waals surface area (Å²) in [4.78, 5) is 25.3. The third kappa shape index (κ3) is 4.96. The van der Waals surface area contributed by atoms with Crippen molar-refractivity contribution in [1.29, 1.82) is 0 Å². The van der Waals surface area contributed by atoms with Crippen molar-refractivity contribution in [2.45, 2.75) is 25.2 Å². The maximum absolute atomic E-state index is 13.1. The van der Waals surface area contributed by atoms with Gasteiger partial charge in [0.25, 0.3) is 5.91 Å². The van der Waals surface area contributed by atoms with E-state index in [2.05, 4.69) is 15.7 Å². The first-order valence-electron chi connectivity index (χ1n) is 10.3. The highest BCUT2D eigenvalue weighted by Crippen LogP contribution is 2.40. The van der Waals surface area contributed by atoms with Crippen LogP contribution in [0.1, 0.15) is 23.7 Å². The van der Waals surface area contributed by atoms with E-state index in [0.717, 1.165) is 17.7 Å². The molecule has 1 aliphatic rings. The van der Waals surface area contributed by atoms with Crippen LogP contribution in [-0.2, 0) is 27.1 Å². The van der Waals surface area contributed by atoms with E-state index < -0.39 is 34.6 Å². The monoisotopic (exact) mass is 508 g/mol. The van der Waals surface area contributed by atoms with Crippen molar-refractivity contribution in [3.8, 4) is 16.9 Å². The Balaban J connectivity index is 1.59. The first kappa shape index (κ1) is 24.6. The number of methoxy groups -OCH3 is 2. The lowest BCUT2D eigenvalue weighted by atomic mass is 10.1. The minimum absolute atomic E-state index is 0.0928. The average molecular weight is 509 g/mol. The number of hydrogen-bond acceptors (Lipinski definition) is 5. The van der Waals surface area contributed by atoms with Gasteiger partial charge in [0.05, 0.1) is 36.4 Å². The Kier molecular flexibility index (Phi) is 6.73. The van der Waals surface area contributed by atoms with Crippen LogP contribution in [-0.4, -0.2) is 35.8 Å². The quantitative estimate of drug-likeness (QED) is 0.473. The number of ether oxygens (including phenoxy) is 2. The number of carbonyl (C=O) groups is 2. The van der Waals surface area contributed by atoms with Crippen molar-refractivity contribution >= 4 is 34.9 Å². The highest BCUT2D eigenvalue weighted by atomic mass is 35.5. The fourth-order valence-corrected chi connectivity index (χ4v) is 4.05. The van der Waals surface area contributed by atoms with Gasteiger partial charge in [-0.25, -0.2) is 4.68 Å². The Hall–Kier alpha value is -3.57. The van der Waals surface area contributed by atoms with Crippen molar-refractivity contribution in [2.75, 3.05) is 24.9 Å². The van der Waals surface area contributed by atoms with Crippen LogP contribution in [0.2, 0.25) is 5.02 Å². The molecule has 184 valence electrons. The summed E-state index contributed by atoms with van der Waals surface area (Å²) in [5.74, 6) is -0.0760. The van der Waals surface area contributed by atoms with Gasteiger partial charge in [-0.2, -0.15) is 18.3 Å². The van der Waals surface area contributed by atoms with Gasteiger partial charge < -0.3 is 20.1 Å². The van der Waals surface area contributed by atoms with Gasteiger partial charge >= 0.3 is 6.18 Å². The van der Waals surface area contributed by atoms with Gasteiger partial charge in [0, 0.05) is 18.4 Å². The summed E-state index contributed by atoms with van der Waals surface area (Å²) in [6.07, 6.45) is -5.03. The van der Waals surface area contributed by atoms with Gasteiger partial charge in [-0.3, -0.25) is 9.59 Å². The van der Waals surface area contributed by atoms with E-state index in [1.807, 2.05) is 0 Å². The predicted molar refractivity (Wildman–Crippen MR) is 122 cm³/mol. The first-order valence-corrected chi connectivity index (χ1v) is 10.7. The Labute approximate surface area is 203 Å². The summed E-state index contributed by atoms with van der Waals surface area (Å²) in [6, 6.07) is 9.18. The number of nitrogens with one attached hydrogen (secondary N) is 2. The number of halogens is 4. The molecule has 0 saturated carbocycles. The minimum Gasteiger partial charge on any atom is -0.497 e. The van der Waals surface area contributed by atoms with Crippen LogP contribution < -0.4 is 15.4 Å². The molecular formula is C23H20ClF3N4O4. The van der Waals surface area contributed by atoms with E-state index >= 15 is 0 Å². The van der Waals surface area contributed by atoms with E-state index in [9.17, 15) is 22.8 Å². The molecule has 1 aliphatic heterocycles. The van der Waals surface area contributed by atoms with Crippen LogP contribution in [0.4, 0.5) is 24.7 Å². The summed E-state index contributed by atoms with van der Waals surface area (Å²) in [5.41, 5.74) is 0.775. The second-order valence-corrected chi connectivity index (χ2v) is 8.13. The molecule has 0 fully saturated rings. The SMILES string of the molecule is COCc1nn2c(c1-c1ccc(OC)cc1)NC(=O)C2CC(=O)Nc1ccc(Cl)c(C(F)(F)F)c1. The maximum atomic E-state index is 13.1. The Morgan fingerprint density at radius 3 is 2.54 bits per heavy atom. The molecule has 2 aromatic carbocycles. The van der Waals surface area contributed by atoms with Crippen molar-refractivity contribution in [1.82, 2.24) is 9.78 Å². The Morgan fingerprint density at radius 2 is 1.91 bits per heavy atom. The molecule has 12 heteroatoms. The summed E-state index contributed by atoms with van der Waals surface area (Å²) in [7, 11) is 3.06. The number of alkyl halides is 3. The molecule has 1 atom stereocenters. The number of benzene rings is 2. The zero-order valence-electron chi connectivity index (χ0n) is 18.6. The molecule has 35 heavy (non-hydrogen) atoms. The molecular weight excluding hydrogens is 489 g/mol. The molecule has 3 aromatic rings. The molecule has 0 bridgehead atoms. The molecule has 0 aliphatic carbocycles. The molecule has 8 nitrogen and oxygen atoms in total. The van der Waals surface area contributed by atoms with Crippen LogP contribution in [0.25, 0.3) is 11.1 Å². The largest absolute Gasteiger partial charge is 0.497 e. The lowest BCUT2D eigenvalue weighted by molar-refractivity contribution is -0.137. The van der Waals surface area contributed by atoms with E-state index in [0.29, 0.717) is 22.8 Å². The number of rotatable bonds is 7. The Bertz CT molecular complexity index is 1280. The summed E-state index contributed by atoms with van der Waals surface area (Å²) in [6.45, 7) is 0.154. The predicted octanol–water partition coefficient (Wildman–Crippen LogP) is 4.90. The minimum atomic E-state index is -4.68. The average Bonchev–Trinajstić information content (AvgIpc) is 3.29. The molecule has 2 heterocycles. The smallest absolute Gasteiger partial charge is 0.417 e. The van der Waals surface area contributed by atoms with E-state index in [1.54, 1.807) is 31.4 Å². The van der Waals surface area contributed by atoms with Crippen molar-refractivity contribution in [3.05, 3.63) is 58.7 Å². The molecule has 1 unspecified atom stereocenters. The fraction of sp³-hybridized carbons (Fsp3) is 0.261. The number of amides is 2. The first-order chi connectivity index (χ1) is 16.6. The normalized spacial score (nSPS) is 15.0. The highest BCUT2D eigenvalue weighted by molar-refractivity contribution is 6.31. The lowest BCUT2D eigenvalue weighted by Gasteiger charge is -2.13. The van der Waals surface area contributed by atoms with E-state index in [4.69, 9.17) is 21.1 Å². The summed E-state index contributed by atoms with van der Waals surface area (Å²) >= 11 is 5.63. The van der Waals surface area contributed by atoms with Gasteiger partial charge in [-0.15, -0.1) is 0 Å². The summed E-state index contributed by atoms with van der Waals surface area (Å²) < 4.78 is 51.2. The second kappa shape index (κ2) is 9.59. The third-order valence-electron chi connectivity index (χ3n) is 5.42. The van der Waals surface area contributed by atoms with Gasteiger partial charge in [0.2, 0.25) is 5.91 Å². The fourth-order valence-electron chi connectivity index (χ4n) is 3.82. The zero-order chi connectivity index (χ0) is 25.3. The number of nitrogens with zero attached hydrogens (tertiary/aromatic N) is 2. The van der Waals surface area contributed by atoms with Crippen LogP contribution in [0, 0.1) is 0 Å². The zero-order valence-corrected chi connectivity index (χ0v) is 19.3. The van der Waals surface area contributed by atoms with Crippen molar-refractivity contribution in [2.24, 2.45) is 0 Å². The highest BCUT2D eigenvalue weighted by Gasteiger charge is 2.37. The number of anilines is 2. The van der Waals surface area contributed by atoms with Crippen LogP contribution in [0.15, 0.2) is 42.5 Å². The van der Waals surface area contributed by atoms with E-state index in [1.165, 1.54) is 17.9 Å². The standard InChI is InChI=1S/C23H20ClF3N4O4/c1-34-11-17-20(12-3-6-14(35-2)7-4-12)21-29-22(33)18(31(21)30-17)10-19(32)28-13-5-8-16(24)15(9-13)23(25,26)27/h3-9,18H,10-11H2,1-2H3,(H,28,32)(H,29,33). The van der Waals surface area contributed by atoms with Gasteiger partial charge in [0.1, 0.15) is 17.6 Å². The van der Waals surface area contributed by atoms with Crippen LogP contribution >= 0.6 is 11.6 Å². The molecule has 2 N–H and O–H groups in total. The molecule has 0 radical (unpaired) electrons. The lowest BCUT2D eigenvalue weighted by Crippen LogP contribution is -2.24. The molecule has 0 spiro atoms. The van der Waals surface area contributed by atoms with Crippen molar-refractivity contribution in [3.63, 3.8) is 0 Å². The number of hydrogen-bond donors (Lipinski definition) is 2. The molecule has 1 aromatic heterocycles.